The fraction of sp³-hybridized carbons (Fsp3) is 0.455. The zero-order chi connectivity index (χ0) is 23.0. The van der Waals surface area contributed by atoms with E-state index in [0.717, 1.165) is 16.8 Å². The minimum absolute atomic E-state index is 0.356. The second-order valence-electron chi connectivity index (χ2n) is 5.79. The van der Waals surface area contributed by atoms with Gasteiger partial charge in [-0.2, -0.15) is 4.31 Å². The fourth-order valence-electron chi connectivity index (χ4n) is 2.41. The molecule has 1 fully saturated rings. The van der Waals surface area contributed by atoms with Gasteiger partial charge in [0, 0.05) is 18.7 Å². The summed E-state index contributed by atoms with van der Waals surface area (Å²) in [6.45, 7) is -5.27. The summed E-state index contributed by atoms with van der Waals surface area (Å²) < 4.78 is 40.7. The maximum atomic E-state index is 11.9. The van der Waals surface area contributed by atoms with Crippen molar-refractivity contribution in [1.82, 2.24) is 9.55 Å². The van der Waals surface area contributed by atoms with E-state index in [-0.39, 0.29) is 6.42 Å². The highest BCUT2D eigenvalue weighted by atomic mass is 32.5. The number of nitrogens with one attached hydrogen (secondary N) is 1. The van der Waals surface area contributed by atoms with Crippen LogP contribution in [-0.4, -0.2) is 52.5 Å². The van der Waals surface area contributed by atoms with Crippen LogP contribution in [0, 0.1) is 12.3 Å². The Labute approximate surface area is 172 Å². The van der Waals surface area contributed by atoms with E-state index in [1.807, 2.05) is 10.9 Å². The summed E-state index contributed by atoms with van der Waals surface area (Å²) in [5.41, 5.74) is -3.69. The van der Waals surface area contributed by atoms with Crippen molar-refractivity contribution in [3.8, 4) is 12.3 Å². The maximum absolute atomic E-state index is 11.9. The third-order valence-electron chi connectivity index (χ3n) is 3.46. The summed E-state index contributed by atoms with van der Waals surface area (Å²) in [6.07, 6.45) is 3.37. The van der Waals surface area contributed by atoms with Crippen LogP contribution in [0.1, 0.15) is 12.6 Å². The number of aliphatic hydroxyl groups is 1. The molecule has 1 saturated heterocycles. The van der Waals surface area contributed by atoms with Crippen molar-refractivity contribution >= 4 is 34.2 Å². The predicted octanol–water partition coefficient (Wildman–Crippen LogP) is -1.35. The number of ether oxygens (including phenoxy) is 1. The summed E-state index contributed by atoms with van der Waals surface area (Å²) in [5, 5.41) is 10.6. The van der Waals surface area contributed by atoms with Crippen LogP contribution in [0.2, 0.25) is 0 Å². The van der Waals surface area contributed by atoms with E-state index >= 15 is 0 Å². The third-order valence-corrected chi connectivity index (χ3v) is 8.18. The van der Waals surface area contributed by atoms with Crippen molar-refractivity contribution in [2.45, 2.75) is 24.4 Å². The SMILES string of the molecule is C#C[C@@]1(O)C[C@@H](CO[P@@](O)(=S)OP(=O)(O)OP(=O)(O)O)O[C@H]1n1ccc(=O)[nH]c1=O. The monoisotopic (exact) mass is 508 g/mol. The molecule has 1 unspecified atom stereocenters. The Kier molecular flexibility index (Phi) is 7.45. The van der Waals surface area contributed by atoms with Crippen molar-refractivity contribution in [3.05, 3.63) is 33.1 Å². The second kappa shape index (κ2) is 8.85. The van der Waals surface area contributed by atoms with Crippen LogP contribution < -0.4 is 11.2 Å². The number of aromatic nitrogens is 2. The van der Waals surface area contributed by atoms with Gasteiger partial charge in [-0.3, -0.25) is 14.3 Å². The lowest BCUT2D eigenvalue weighted by Crippen LogP contribution is -2.41. The number of rotatable bonds is 8. The molecular weight excluding hydrogens is 493 g/mol. The first kappa shape index (κ1) is 25.3. The van der Waals surface area contributed by atoms with Gasteiger partial charge in [-0.05, 0) is 11.8 Å². The molecule has 30 heavy (non-hydrogen) atoms. The quantitative estimate of drug-likeness (QED) is 0.176. The van der Waals surface area contributed by atoms with E-state index < -0.39 is 58.2 Å². The lowest BCUT2D eigenvalue weighted by Gasteiger charge is -2.24. The van der Waals surface area contributed by atoms with Gasteiger partial charge in [0.05, 0.1) is 12.7 Å². The van der Waals surface area contributed by atoms with Gasteiger partial charge in [-0.15, -0.1) is 6.42 Å². The highest BCUT2D eigenvalue weighted by Crippen LogP contribution is 2.66. The van der Waals surface area contributed by atoms with E-state index in [2.05, 4.69) is 20.4 Å². The van der Waals surface area contributed by atoms with Crippen LogP contribution in [0.5, 0.6) is 0 Å². The first-order valence-corrected chi connectivity index (χ1v) is 13.1. The average molecular weight is 508 g/mol. The summed E-state index contributed by atoms with van der Waals surface area (Å²) in [5.74, 6) is 2.04. The van der Waals surface area contributed by atoms with Crippen LogP contribution in [0.4, 0.5) is 0 Å². The van der Waals surface area contributed by atoms with Gasteiger partial charge < -0.3 is 33.9 Å². The average Bonchev–Trinajstić information content (AvgIpc) is 2.87. The fourth-order valence-corrected chi connectivity index (χ4v) is 6.40. The normalized spacial score (nSPS) is 28.4. The second-order valence-corrected chi connectivity index (χ2v) is 11.6. The molecule has 0 spiro atoms. The summed E-state index contributed by atoms with van der Waals surface area (Å²) >= 11 is 4.46. The van der Waals surface area contributed by atoms with Crippen molar-refractivity contribution in [1.29, 1.82) is 0 Å². The van der Waals surface area contributed by atoms with Crippen LogP contribution >= 0.6 is 22.4 Å². The largest absolute Gasteiger partial charge is 0.488 e. The molecule has 0 radical (unpaired) electrons. The lowest BCUT2D eigenvalue weighted by molar-refractivity contribution is -0.0728. The molecule has 5 atom stereocenters. The third kappa shape index (κ3) is 6.74. The van der Waals surface area contributed by atoms with Crippen LogP contribution in [0.3, 0.4) is 0 Å². The number of hydrogen-bond donors (Lipinski definition) is 6. The van der Waals surface area contributed by atoms with Crippen molar-refractivity contribution in [3.63, 3.8) is 0 Å². The zero-order valence-electron chi connectivity index (χ0n) is 14.5. The summed E-state index contributed by atoms with van der Waals surface area (Å²) in [7, 11) is -10.9. The minimum atomic E-state index is -5.49. The van der Waals surface area contributed by atoms with E-state index in [1.54, 1.807) is 0 Å². The molecule has 0 bridgehead atoms. The van der Waals surface area contributed by atoms with Gasteiger partial charge in [0.2, 0.25) is 0 Å². The molecule has 1 aliphatic heterocycles. The van der Waals surface area contributed by atoms with E-state index in [9.17, 15) is 33.6 Å². The van der Waals surface area contributed by atoms with Crippen molar-refractivity contribution in [2.24, 2.45) is 0 Å². The van der Waals surface area contributed by atoms with Gasteiger partial charge in [0.25, 0.3) is 5.56 Å². The minimum Gasteiger partial charge on any atom is -0.373 e. The van der Waals surface area contributed by atoms with Crippen LogP contribution in [0.15, 0.2) is 21.9 Å². The van der Waals surface area contributed by atoms with Gasteiger partial charge in [0.1, 0.15) is 0 Å². The van der Waals surface area contributed by atoms with Gasteiger partial charge in [-0.1, -0.05) is 5.92 Å². The molecule has 1 aliphatic rings. The Hall–Kier alpha value is -1.01. The first-order chi connectivity index (χ1) is 13.6. The van der Waals surface area contributed by atoms with Crippen LogP contribution in [0.25, 0.3) is 0 Å². The number of aromatic amines is 1. The Morgan fingerprint density at radius 2 is 1.97 bits per heavy atom. The smallest absolute Gasteiger partial charge is 0.373 e. The highest BCUT2D eigenvalue weighted by Gasteiger charge is 2.48. The number of hydrogen-bond acceptors (Lipinski definition) is 10. The standard InChI is InChI=1S/C11H15N2O13P3S/c1-2-11(16)5-7(24-9(11)13-4-3-8(14)12-10(13)15)6-23-29(22,30)26-28(20,21)25-27(17,18)19/h1,3-4,7,9,16H,5-6H2,(H,20,21)(H,22,30)(H,12,14,15)(H2,17,18,19)/t7-,9+,11+,29+/m0/s1. The molecule has 1 aromatic rings. The Morgan fingerprint density at radius 3 is 2.50 bits per heavy atom. The topological polar surface area (TPSA) is 227 Å². The van der Waals surface area contributed by atoms with Gasteiger partial charge in [-0.25, -0.2) is 18.2 Å². The molecule has 0 amide bonds. The summed E-state index contributed by atoms with van der Waals surface area (Å²) in [6, 6.07) is 0.979. The molecule has 2 rings (SSSR count). The lowest BCUT2D eigenvalue weighted by atomic mass is 9.99. The number of nitrogens with zero attached hydrogens (tertiary/aromatic N) is 1. The molecule has 1 aromatic heterocycles. The molecule has 168 valence electrons. The van der Waals surface area contributed by atoms with Gasteiger partial charge in [0.15, 0.2) is 11.8 Å². The number of H-pyrrole nitrogens is 1. The molecule has 0 saturated carbocycles. The van der Waals surface area contributed by atoms with E-state index in [1.165, 1.54) is 0 Å². The summed E-state index contributed by atoms with van der Waals surface area (Å²) in [4.78, 5) is 61.2. The zero-order valence-corrected chi connectivity index (χ0v) is 18.0. The number of terminal acetylenes is 1. The maximum Gasteiger partial charge on any atom is 0.488 e. The molecule has 6 N–H and O–H groups in total. The molecule has 15 nitrogen and oxygen atoms in total. The Balaban J connectivity index is 2.11. The molecule has 19 heteroatoms. The highest BCUT2D eigenvalue weighted by molar-refractivity contribution is 8.08. The molecule has 0 aliphatic carbocycles. The van der Waals surface area contributed by atoms with Gasteiger partial charge >= 0.3 is 28.1 Å². The molecule has 2 heterocycles. The predicted molar refractivity (Wildman–Crippen MR) is 100 cm³/mol. The number of phosphoric acid groups is 2. The molecular formula is C11H15N2O13P3S. The van der Waals surface area contributed by atoms with E-state index in [4.69, 9.17) is 25.5 Å². The molecule has 0 aromatic carbocycles. The van der Waals surface area contributed by atoms with Crippen LogP contribution in [-0.2, 0) is 38.8 Å². The Bertz CT molecular complexity index is 1100. The van der Waals surface area contributed by atoms with Crippen molar-refractivity contribution in [2.75, 3.05) is 6.61 Å². The van der Waals surface area contributed by atoms with E-state index in [0.29, 0.717) is 0 Å². The first-order valence-electron chi connectivity index (χ1n) is 7.51. The Morgan fingerprint density at radius 1 is 1.33 bits per heavy atom. The van der Waals surface area contributed by atoms with Crippen molar-refractivity contribution < 1.29 is 51.7 Å².